The first kappa shape index (κ1) is 15.0. The molecule has 0 aliphatic heterocycles. The van der Waals surface area contributed by atoms with Gasteiger partial charge in [0.1, 0.15) is 5.02 Å². The minimum Gasteiger partial charge on any atom is -0.346 e. The summed E-state index contributed by atoms with van der Waals surface area (Å²) in [5, 5.41) is 13.5. The fraction of sp³-hybridized carbons (Fsp3) is 0.133. The Balaban J connectivity index is 2.14. The molecule has 6 heteroatoms. The van der Waals surface area contributed by atoms with E-state index in [-0.39, 0.29) is 28.2 Å². The maximum Gasteiger partial charge on any atom is 0.287 e. The Morgan fingerprint density at radius 3 is 2.48 bits per heavy atom. The quantitative estimate of drug-likeness (QED) is 0.691. The van der Waals surface area contributed by atoms with E-state index < -0.39 is 4.92 Å². The summed E-state index contributed by atoms with van der Waals surface area (Å²) >= 11 is 5.80. The Bertz CT molecular complexity index is 674. The molecule has 0 fully saturated rings. The van der Waals surface area contributed by atoms with E-state index in [1.54, 1.807) is 0 Å². The number of nitrogens with one attached hydrogen (secondary N) is 1. The van der Waals surface area contributed by atoms with Gasteiger partial charge in [0, 0.05) is 11.6 Å². The monoisotopic (exact) mass is 304 g/mol. The van der Waals surface area contributed by atoms with Crippen LogP contribution in [0.4, 0.5) is 5.69 Å². The SMILES string of the molecule is C[C@H](NC(=O)c1ccc([N+](=O)[O-])c(Cl)c1)c1ccccc1. The number of carbonyl (C=O) groups excluding carboxylic acids is 1. The minimum absolute atomic E-state index is 0.0555. The molecule has 0 aromatic heterocycles. The van der Waals surface area contributed by atoms with Gasteiger partial charge in [-0.25, -0.2) is 0 Å². The van der Waals surface area contributed by atoms with E-state index in [1.807, 2.05) is 37.3 Å². The van der Waals surface area contributed by atoms with Crippen LogP contribution in [0.15, 0.2) is 48.5 Å². The molecule has 0 bridgehead atoms. The second kappa shape index (κ2) is 6.37. The summed E-state index contributed by atoms with van der Waals surface area (Å²) < 4.78 is 0. The average Bonchev–Trinajstić information content (AvgIpc) is 2.47. The van der Waals surface area contributed by atoms with Gasteiger partial charge in [-0.3, -0.25) is 14.9 Å². The highest BCUT2D eigenvalue weighted by atomic mass is 35.5. The van der Waals surface area contributed by atoms with Crippen LogP contribution in [0.3, 0.4) is 0 Å². The van der Waals surface area contributed by atoms with Gasteiger partial charge in [-0.15, -0.1) is 0 Å². The topological polar surface area (TPSA) is 72.2 Å². The van der Waals surface area contributed by atoms with Crippen LogP contribution in [0.5, 0.6) is 0 Å². The van der Waals surface area contributed by atoms with E-state index in [1.165, 1.54) is 18.2 Å². The van der Waals surface area contributed by atoms with E-state index in [9.17, 15) is 14.9 Å². The Labute approximate surface area is 126 Å². The highest BCUT2D eigenvalue weighted by Gasteiger charge is 2.16. The first-order valence-corrected chi connectivity index (χ1v) is 6.66. The normalized spacial score (nSPS) is 11.7. The second-order valence-corrected chi connectivity index (χ2v) is 4.94. The molecular formula is C15H13ClN2O3. The van der Waals surface area contributed by atoms with Crippen molar-refractivity contribution >= 4 is 23.2 Å². The maximum atomic E-state index is 12.1. The van der Waals surface area contributed by atoms with Crippen LogP contribution in [-0.2, 0) is 0 Å². The van der Waals surface area contributed by atoms with Crippen LogP contribution < -0.4 is 5.32 Å². The Morgan fingerprint density at radius 2 is 1.90 bits per heavy atom. The van der Waals surface area contributed by atoms with Crippen molar-refractivity contribution in [3.8, 4) is 0 Å². The summed E-state index contributed by atoms with van der Waals surface area (Å²) in [6.07, 6.45) is 0. The summed E-state index contributed by atoms with van der Waals surface area (Å²) in [6, 6.07) is 13.2. The number of hydrogen-bond acceptors (Lipinski definition) is 3. The van der Waals surface area contributed by atoms with E-state index >= 15 is 0 Å². The number of hydrogen-bond donors (Lipinski definition) is 1. The van der Waals surface area contributed by atoms with Crippen LogP contribution >= 0.6 is 11.6 Å². The van der Waals surface area contributed by atoms with Gasteiger partial charge in [0.25, 0.3) is 11.6 Å². The van der Waals surface area contributed by atoms with Gasteiger partial charge in [0.15, 0.2) is 0 Å². The fourth-order valence-corrected chi connectivity index (χ4v) is 2.15. The molecule has 0 aliphatic rings. The minimum atomic E-state index is -0.587. The van der Waals surface area contributed by atoms with Crippen molar-refractivity contribution in [3.63, 3.8) is 0 Å². The zero-order valence-electron chi connectivity index (χ0n) is 11.2. The smallest absolute Gasteiger partial charge is 0.287 e. The predicted molar refractivity (Wildman–Crippen MR) is 80.4 cm³/mol. The molecule has 2 aromatic carbocycles. The van der Waals surface area contributed by atoms with Crippen molar-refractivity contribution in [2.24, 2.45) is 0 Å². The molecule has 21 heavy (non-hydrogen) atoms. The molecule has 0 radical (unpaired) electrons. The molecule has 108 valence electrons. The lowest BCUT2D eigenvalue weighted by molar-refractivity contribution is -0.384. The van der Waals surface area contributed by atoms with E-state index in [4.69, 9.17) is 11.6 Å². The van der Waals surface area contributed by atoms with Gasteiger partial charge in [-0.05, 0) is 24.6 Å². The van der Waals surface area contributed by atoms with Gasteiger partial charge in [-0.1, -0.05) is 41.9 Å². The zero-order chi connectivity index (χ0) is 15.4. The number of rotatable bonds is 4. The van der Waals surface area contributed by atoms with Gasteiger partial charge in [0.2, 0.25) is 0 Å². The highest BCUT2D eigenvalue weighted by molar-refractivity contribution is 6.33. The molecule has 5 nitrogen and oxygen atoms in total. The Kier molecular flexibility index (Phi) is 4.55. The van der Waals surface area contributed by atoms with Gasteiger partial charge in [-0.2, -0.15) is 0 Å². The average molecular weight is 305 g/mol. The number of nitro groups is 1. The van der Waals surface area contributed by atoms with E-state index in [0.717, 1.165) is 5.56 Å². The van der Waals surface area contributed by atoms with Crippen molar-refractivity contribution in [1.29, 1.82) is 0 Å². The molecule has 2 aromatic rings. The van der Waals surface area contributed by atoms with Crippen molar-refractivity contribution in [1.82, 2.24) is 5.32 Å². The second-order valence-electron chi connectivity index (χ2n) is 4.53. The molecular weight excluding hydrogens is 292 g/mol. The lowest BCUT2D eigenvalue weighted by Gasteiger charge is -2.14. The summed E-state index contributed by atoms with van der Waals surface area (Å²) in [4.78, 5) is 22.2. The molecule has 0 saturated carbocycles. The number of benzene rings is 2. The standard InChI is InChI=1S/C15H13ClN2O3/c1-10(11-5-3-2-4-6-11)17-15(19)12-7-8-14(18(20)21)13(16)9-12/h2-10H,1H3,(H,17,19)/t10-/m0/s1. The van der Waals surface area contributed by atoms with Crippen LogP contribution in [0.2, 0.25) is 5.02 Å². The van der Waals surface area contributed by atoms with Crippen molar-refractivity contribution < 1.29 is 9.72 Å². The molecule has 0 unspecified atom stereocenters. The molecule has 0 saturated heterocycles. The number of nitrogens with zero attached hydrogens (tertiary/aromatic N) is 1. The number of halogens is 1. The highest BCUT2D eigenvalue weighted by Crippen LogP contribution is 2.25. The van der Waals surface area contributed by atoms with Crippen LogP contribution in [0.25, 0.3) is 0 Å². The van der Waals surface area contributed by atoms with Gasteiger partial charge in [0.05, 0.1) is 11.0 Å². The third-order valence-corrected chi connectivity index (χ3v) is 3.36. The van der Waals surface area contributed by atoms with Crippen molar-refractivity contribution in [2.45, 2.75) is 13.0 Å². The van der Waals surface area contributed by atoms with E-state index in [2.05, 4.69) is 5.32 Å². The van der Waals surface area contributed by atoms with E-state index in [0.29, 0.717) is 0 Å². The van der Waals surface area contributed by atoms with Crippen molar-refractivity contribution in [2.75, 3.05) is 0 Å². The summed E-state index contributed by atoms with van der Waals surface area (Å²) in [5.41, 5.74) is 1.04. The molecule has 1 amide bonds. The van der Waals surface area contributed by atoms with Crippen LogP contribution in [-0.4, -0.2) is 10.8 Å². The maximum absolute atomic E-state index is 12.1. The summed E-state index contributed by atoms with van der Waals surface area (Å²) in [5.74, 6) is -0.330. The summed E-state index contributed by atoms with van der Waals surface area (Å²) in [7, 11) is 0. The fourth-order valence-electron chi connectivity index (χ4n) is 1.90. The van der Waals surface area contributed by atoms with Crippen LogP contribution in [0, 0.1) is 10.1 Å². The Morgan fingerprint density at radius 1 is 1.24 bits per heavy atom. The molecule has 1 atom stereocenters. The Hall–Kier alpha value is -2.40. The predicted octanol–water partition coefficient (Wildman–Crippen LogP) is 3.74. The molecule has 2 rings (SSSR count). The van der Waals surface area contributed by atoms with Crippen LogP contribution in [0.1, 0.15) is 28.9 Å². The van der Waals surface area contributed by atoms with Gasteiger partial charge >= 0.3 is 0 Å². The molecule has 0 aliphatic carbocycles. The third-order valence-electron chi connectivity index (χ3n) is 3.05. The molecule has 1 N–H and O–H groups in total. The summed E-state index contributed by atoms with van der Waals surface area (Å²) in [6.45, 7) is 1.86. The lowest BCUT2D eigenvalue weighted by Crippen LogP contribution is -2.26. The third kappa shape index (κ3) is 3.58. The zero-order valence-corrected chi connectivity index (χ0v) is 12.0. The van der Waals surface area contributed by atoms with Crippen molar-refractivity contribution in [3.05, 3.63) is 74.8 Å². The largest absolute Gasteiger partial charge is 0.346 e. The first-order chi connectivity index (χ1) is 9.99. The molecule has 0 heterocycles. The van der Waals surface area contributed by atoms with Gasteiger partial charge < -0.3 is 5.32 Å². The number of amides is 1. The number of nitro benzene ring substituents is 1. The lowest BCUT2D eigenvalue weighted by atomic mass is 10.1. The first-order valence-electron chi connectivity index (χ1n) is 6.29. The molecule has 0 spiro atoms. The number of carbonyl (C=O) groups is 1.